The monoisotopic (exact) mass is 442 g/mol. The number of hydrogen-bond acceptors (Lipinski definition) is 4. The van der Waals surface area contributed by atoms with E-state index >= 15 is 0 Å². The number of nitrogens with zero attached hydrogens (tertiary/aromatic N) is 1. The van der Waals surface area contributed by atoms with Crippen LogP contribution < -0.4 is 10.7 Å². The molecule has 1 heterocycles. The van der Waals surface area contributed by atoms with E-state index in [0.29, 0.717) is 23.5 Å². The molecule has 2 aromatic carbocycles. The van der Waals surface area contributed by atoms with Crippen LogP contribution in [-0.2, 0) is 6.42 Å². The van der Waals surface area contributed by atoms with E-state index in [2.05, 4.69) is 43.2 Å². The molecule has 1 aliphatic heterocycles. The maximum atomic E-state index is 12.2. The molecule has 0 aromatic heterocycles. The summed E-state index contributed by atoms with van der Waals surface area (Å²) < 4.78 is 6.40. The number of carboxylic acids is 1. The number of carboxylic acid groups (broad SMARTS) is 1. The Labute approximate surface area is 194 Å². The van der Waals surface area contributed by atoms with Crippen LogP contribution in [0, 0.1) is 13.8 Å². The van der Waals surface area contributed by atoms with Gasteiger partial charge >= 0.3 is 5.97 Å². The van der Waals surface area contributed by atoms with Crippen LogP contribution >= 0.6 is 0 Å². The maximum absolute atomic E-state index is 12.2. The zero-order valence-electron chi connectivity index (χ0n) is 19.9. The molecule has 2 aliphatic rings. The number of fused-ring (bicyclic) bond motifs is 2. The van der Waals surface area contributed by atoms with Crippen molar-refractivity contribution in [2.24, 2.45) is 4.99 Å². The third-order valence-electron chi connectivity index (χ3n) is 6.07. The molecule has 170 valence electrons. The molecule has 1 aliphatic carbocycles. The summed E-state index contributed by atoms with van der Waals surface area (Å²) >= 11 is 0. The smallest absolute Gasteiger partial charge is 0.336 e. The van der Waals surface area contributed by atoms with Gasteiger partial charge in [0.25, 0.3) is 0 Å². The molecule has 5 heteroatoms. The molecule has 0 atom stereocenters. The molecule has 0 bridgehead atoms. The van der Waals surface area contributed by atoms with Crippen molar-refractivity contribution in [1.82, 2.24) is 0 Å². The minimum atomic E-state index is -0.940. The number of nitrogens with one attached hydrogen (secondary N) is 1. The SMILES string of the molecule is CC/N=c1/cc2oc3cc(NCC)c(C)cc3c(-c3cc(CC)ccc3C(=O)O)c-2cc1C. The van der Waals surface area contributed by atoms with E-state index in [-0.39, 0.29) is 5.56 Å². The van der Waals surface area contributed by atoms with Gasteiger partial charge in [-0.25, -0.2) is 4.79 Å². The van der Waals surface area contributed by atoms with Crippen molar-refractivity contribution in [3.8, 4) is 22.5 Å². The maximum Gasteiger partial charge on any atom is 0.336 e. The summed E-state index contributed by atoms with van der Waals surface area (Å²) in [4.78, 5) is 16.8. The minimum Gasteiger partial charge on any atom is -0.478 e. The summed E-state index contributed by atoms with van der Waals surface area (Å²) in [7, 11) is 0. The van der Waals surface area contributed by atoms with Gasteiger partial charge in [-0.15, -0.1) is 0 Å². The lowest BCUT2D eigenvalue weighted by Gasteiger charge is -2.20. The van der Waals surface area contributed by atoms with Gasteiger partial charge in [0, 0.05) is 47.4 Å². The molecular formula is C28H30N2O3. The average Bonchev–Trinajstić information content (AvgIpc) is 2.79. The number of rotatable bonds is 6. The van der Waals surface area contributed by atoms with Crippen LogP contribution in [0.15, 0.2) is 51.9 Å². The first-order valence-electron chi connectivity index (χ1n) is 11.5. The molecule has 5 nitrogen and oxygen atoms in total. The first kappa shape index (κ1) is 22.6. The third kappa shape index (κ3) is 4.11. The van der Waals surface area contributed by atoms with E-state index in [1.165, 1.54) is 0 Å². The fourth-order valence-corrected chi connectivity index (χ4v) is 4.40. The lowest BCUT2D eigenvalue weighted by atomic mass is 9.88. The molecule has 2 N–H and O–H groups in total. The van der Waals surface area contributed by atoms with Crippen LogP contribution in [0.1, 0.15) is 47.8 Å². The van der Waals surface area contributed by atoms with Crippen LogP contribution in [0.25, 0.3) is 33.4 Å². The van der Waals surface area contributed by atoms with Gasteiger partial charge in [-0.2, -0.15) is 0 Å². The molecule has 0 fully saturated rings. The van der Waals surface area contributed by atoms with E-state index in [0.717, 1.165) is 57.2 Å². The number of carbonyl (C=O) groups is 1. The van der Waals surface area contributed by atoms with Crippen molar-refractivity contribution in [3.05, 3.63) is 70.1 Å². The van der Waals surface area contributed by atoms with Crippen LogP contribution in [0.2, 0.25) is 0 Å². The summed E-state index contributed by atoms with van der Waals surface area (Å²) in [5.41, 5.74) is 7.69. The van der Waals surface area contributed by atoms with Crippen molar-refractivity contribution in [1.29, 1.82) is 0 Å². The second-order valence-corrected chi connectivity index (χ2v) is 8.32. The Kier molecular flexibility index (Phi) is 6.23. The van der Waals surface area contributed by atoms with Crippen molar-refractivity contribution >= 4 is 22.6 Å². The number of hydrogen-bond donors (Lipinski definition) is 2. The minimum absolute atomic E-state index is 0.286. The van der Waals surface area contributed by atoms with Gasteiger partial charge in [0.1, 0.15) is 11.3 Å². The van der Waals surface area contributed by atoms with Crippen LogP contribution in [-0.4, -0.2) is 24.2 Å². The predicted octanol–water partition coefficient (Wildman–Crippen LogP) is 6.43. The Morgan fingerprint density at radius 3 is 2.45 bits per heavy atom. The first-order valence-corrected chi connectivity index (χ1v) is 11.5. The zero-order valence-corrected chi connectivity index (χ0v) is 19.9. The number of anilines is 1. The van der Waals surface area contributed by atoms with Gasteiger partial charge in [-0.1, -0.05) is 19.1 Å². The van der Waals surface area contributed by atoms with Gasteiger partial charge in [0.2, 0.25) is 0 Å². The average molecular weight is 443 g/mol. The van der Waals surface area contributed by atoms with E-state index < -0.39 is 5.97 Å². The Morgan fingerprint density at radius 2 is 1.79 bits per heavy atom. The molecule has 0 amide bonds. The number of aryl methyl sites for hydroxylation is 3. The highest BCUT2D eigenvalue weighted by atomic mass is 16.4. The highest BCUT2D eigenvalue weighted by Crippen LogP contribution is 2.43. The molecule has 0 saturated heterocycles. The Balaban J connectivity index is 2.22. The molecule has 2 aromatic rings. The van der Waals surface area contributed by atoms with Crippen molar-refractivity contribution in [3.63, 3.8) is 0 Å². The largest absolute Gasteiger partial charge is 0.478 e. The van der Waals surface area contributed by atoms with Crippen LogP contribution in [0.5, 0.6) is 0 Å². The zero-order chi connectivity index (χ0) is 23.7. The molecular weight excluding hydrogens is 412 g/mol. The molecule has 4 rings (SSSR count). The quantitative estimate of drug-likeness (QED) is 0.337. The van der Waals surface area contributed by atoms with Crippen molar-refractivity contribution < 1.29 is 14.3 Å². The van der Waals surface area contributed by atoms with Gasteiger partial charge in [-0.3, -0.25) is 4.99 Å². The third-order valence-corrected chi connectivity index (χ3v) is 6.07. The Morgan fingerprint density at radius 1 is 1.00 bits per heavy atom. The first-order chi connectivity index (χ1) is 15.9. The van der Waals surface area contributed by atoms with E-state index in [1.807, 2.05) is 38.1 Å². The van der Waals surface area contributed by atoms with Crippen molar-refractivity contribution in [2.75, 3.05) is 18.4 Å². The second kappa shape index (κ2) is 9.10. The molecule has 0 spiro atoms. The summed E-state index contributed by atoms with van der Waals surface area (Å²) in [6.07, 6.45) is 0.822. The molecule has 0 saturated carbocycles. The van der Waals surface area contributed by atoms with E-state index in [9.17, 15) is 9.90 Å². The highest BCUT2D eigenvalue weighted by Gasteiger charge is 2.23. The Hall–Kier alpha value is -3.60. The summed E-state index contributed by atoms with van der Waals surface area (Å²) in [5.74, 6) is -0.245. The fraction of sp³-hybridized carbons (Fsp3) is 0.286. The summed E-state index contributed by atoms with van der Waals surface area (Å²) in [6, 6.07) is 13.8. The highest BCUT2D eigenvalue weighted by molar-refractivity contribution is 6.08. The standard InChI is InChI=1S/C28H30N2O3/c1-6-18-9-10-19(28(31)32)20(13-18)27-21-11-16(4)23(29-7-2)14-25(21)33-26-15-24(30-8-3)17(5)12-22(26)27/h9-15,29H,6-8H2,1-5H3,(H,31,32)/b30-24-. The molecule has 0 unspecified atom stereocenters. The fourth-order valence-electron chi connectivity index (χ4n) is 4.40. The number of aromatic carboxylic acids is 1. The van der Waals surface area contributed by atoms with Gasteiger partial charge in [-0.05, 0) is 74.6 Å². The van der Waals surface area contributed by atoms with Gasteiger partial charge < -0.3 is 14.8 Å². The van der Waals surface area contributed by atoms with Crippen LogP contribution in [0.3, 0.4) is 0 Å². The van der Waals surface area contributed by atoms with E-state index in [4.69, 9.17) is 4.42 Å². The summed E-state index contributed by atoms with van der Waals surface area (Å²) in [5, 5.41) is 15.2. The lowest BCUT2D eigenvalue weighted by Crippen LogP contribution is -2.10. The van der Waals surface area contributed by atoms with E-state index in [1.54, 1.807) is 6.07 Å². The normalized spacial score (nSPS) is 12.0. The Bertz CT molecular complexity index is 1400. The lowest BCUT2D eigenvalue weighted by molar-refractivity contribution is 0.0697. The van der Waals surface area contributed by atoms with Gasteiger partial charge in [0.15, 0.2) is 0 Å². The number of benzene rings is 3. The molecule has 33 heavy (non-hydrogen) atoms. The van der Waals surface area contributed by atoms with Crippen molar-refractivity contribution in [2.45, 2.75) is 41.0 Å². The predicted molar refractivity (Wildman–Crippen MR) is 134 cm³/mol. The second-order valence-electron chi connectivity index (χ2n) is 8.32. The molecule has 0 radical (unpaired) electrons. The van der Waals surface area contributed by atoms with Crippen LogP contribution in [0.4, 0.5) is 5.69 Å². The van der Waals surface area contributed by atoms with Gasteiger partial charge in [0.05, 0.1) is 10.9 Å². The topological polar surface area (TPSA) is 74.8 Å². The summed E-state index contributed by atoms with van der Waals surface area (Å²) in [6.45, 7) is 11.7.